The highest BCUT2D eigenvalue weighted by Gasteiger charge is 2.37. The molecule has 1 aliphatic heterocycles. The van der Waals surface area contributed by atoms with E-state index in [9.17, 15) is 9.59 Å². The number of aryl methyl sites for hydroxylation is 1. The molecule has 1 saturated heterocycles. The summed E-state index contributed by atoms with van der Waals surface area (Å²) in [7, 11) is 1.56. The summed E-state index contributed by atoms with van der Waals surface area (Å²) < 4.78 is 10.7. The lowest BCUT2D eigenvalue weighted by molar-refractivity contribution is -0.139. The quantitative estimate of drug-likeness (QED) is 0.618. The highest BCUT2D eigenvalue weighted by molar-refractivity contribution is 6.30. The number of nitrogens with zero attached hydrogens (tertiary/aromatic N) is 1. The molecule has 1 heterocycles. The second-order valence-electron chi connectivity index (χ2n) is 5.96. The Kier molecular flexibility index (Phi) is 4.95. The molecule has 130 valence electrons. The minimum Gasteiger partial charge on any atom is -0.495 e. The van der Waals surface area contributed by atoms with Crippen LogP contribution in [0.4, 0.5) is 5.69 Å². The molecule has 0 aliphatic carbocycles. The molecule has 0 spiro atoms. The van der Waals surface area contributed by atoms with Crippen LogP contribution in [-0.4, -0.2) is 25.5 Å². The Balaban J connectivity index is 1.76. The standard InChI is InChI=1S/C19H18ClNO4/c1-12-6-7-17(24-2)16(8-12)21-11-13(9-18(21)22)19(23)25-15-5-3-4-14(20)10-15/h3-8,10,13H,9,11H2,1-2H3. The van der Waals surface area contributed by atoms with Gasteiger partial charge < -0.3 is 14.4 Å². The van der Waals surface area contributed by atoms with Crippen molar-refractivity contribution in [3.05, 3.63) is 53.1 Å². The molecule has 25 heavy (non-hydrogen) atoms. The zero-order chi connectivity index (χ0) is 18.0. The van der Waals surface area contributed by atoms with Crippen LogP contribution in [0.25, 0.3) is 0 Å². The maximum absolute atomic E-state index is 12.4. The number of halogens is 1. The van der Waals surface area contributed by atoms with Crippen LogP contribution in [0.3, 0.4) is 0 Å². The van der Waals surface area contributed by atoms with Gasteiger partial charge in [0, 0.05) is 18.0 Å². The molecule has 3 rings (SSSR count). The number of amides is 1. The Bertz CT molecular complexity index is 821. The predicted molar refractivity (Wildman–Crippen MR) is 95.3 cm³/mol. The fraction of sp³-hybridized carbons (Fsp3) is 0.263. The summed E-state index contributed by atoms with van der Waals surface area (Å²) in [4.78, 5) is 26.4. The molecule has 1 fully saturated rings. The van der Waals surface area contributed by atoms with Gasteiger partial charge in [0.1, 0.15) is 11.5 Å². The number of carbonyl (C=O) groups excluding carboxylic acids is 2. The fourth-order valence-electron chi connectivity index (χ4n) is 2.84. The Hall–Kier alpha value is -2.53. The Morgan fingerprint density at radius 2 is 2.04 bits per heavy atom. The van der Waals surface area contributed by atoms with Crippen molar-refractivity contribution >= 4 is 29.2 Å². The number of hydrogen-bond donors (Lipinski definition) is 0. The zero-order valence-electron chi connectivity index (χ0n) is 14.0. The third kappa shape index (κ3) is 3.77. The SMILES string of the molecule is COc1ccc(C)cc1N1CC(C(=O)Oc2cccc(Cl)c2)CC1=O. The molecular formula is C19H18ClNO4. The van der Waals surface area contributed by atoms with Gasteiger partial charge in [-0.2, -0.15) is 0 Å². The van der Waals surface area contributed by atoms with Gasteiger partial charge in [0.25, 0.3) is 0 Å². The van der Waals surface area contributed by atoms with Crippen LogP contribution in [0, 0.1) is 12.8 Å². The normalized spacial score (nSPS) is 16.8. The van der Waals surface area contributed by atoms with E-state index in [1.54, 1.807) is 36.3 Å². The zero-order valence-corrected chi connectivity index (χ0v) is 14.7. The van der Waals surface area contributed by atoms with E-state index in [0.29, 0.717) is 22.2 Å². The number of anilines is 1. The van der Waals surface area contributed by atoms with E-state index in [-0.39, 0.29) is 18.9 Å². The van der Waals surface area contributed by atoms with Gasteiger partial charge in [-0.3, -0.25) is 9.59 Å². The lowest BCUT2D eigenvalue weighted by atomic mass is 10.1. The number of hydrogen-bond acceptors (Lipinski definition) is 4. The van der Waals surface area contributed by atoms with Crippen molar-refractivity contribution in [1.82, 2.24) is 0 Å². The molecule has 5 nitrogen and oxygen atoms in total. The minimum atomic E-state index is -0.531. The second-order valence-corrected chi connectivity index (χ2v) is 6.40. The summed E-state index contributed by atoms with van der Waals surface area (Å²) in [6.07, 6.45) is 0.108. The first-order chi connectivity index (χ1) is 12.0. The third-order valence-electron chi connectivity index (χ3n) is 4.10. The fourth-order valence-corrected chi connectivity index (χ4v) is 3.02. The summed E-state index contributed by atoms with van der Waals surface area (Å²) in [5.41, 5.74) is 1.68. The van der Waals surface area contributed by atoms with Gasteiger partial charge in [0.15, 0.2) is 0 Å². The average molecular weight is 360 g/mol. The van der Waals surface area contributed by atoms with E-state index >= 15 is 0 Å². The van der Waals surface area contributed by atoms with E-state index in [1.165, 1.54) is 0 Å². The van der Waals surface area contributed by atoms with Crippen molar-refractivity contribution in [2.75, 3.05) is 18.6 Å². The van der Waals surface area contributed by atoms with E-state index < -0.39 is 11.9 Å². The smallest absolute Gasteiger partial charge is 0.316 e. The van der Waals surface area contributed by atoms with Gasteiger partial charge in [-0.25, -0.2) is 0 Å². The first-order valence-corrected chi connectivity index (χ1v) is 8.28. The van der Waals surface area contributed by atoms with Crippen LogP contribution >= 0.6 is 11.6 Å². The molecule has 0 aromatic heterocycles. The molecule has 2 aromatic carbocycles. The highest BCUT2D eigenvalue weighted by Crippen LogP contribution is 2.34. The van der Waals surface area contributed by atoms with Crippen LogP contribution in [0.5, 0.6) is 11.5 Å². The number of rotatable bonds is 4. The minimum absolute atomic E-state index is 0.108. The largest absolute Gasteiger partial charge is 0.495 e. The maximum atomic E-state index is 12.4. The van der Waals surface area contributed by atoms with Crippen LogP contribution in [0.1, 0.15) is 12.0 Å². The van der Waals surface area contributed by atoms with Crippen molar-refractivity contribution in [2.24, 2.45) is 5.92 Å². The van der Waals surface area contributed by atoms with Gasteiger partial charge in [0.2, 0.25) is 5.91 Å². The van der Waals surface area contributed by atoms with E-state index in [0.717, 1.165) is 5.56 Å². The molecule has 0 radical (unpaired) electrons. The number of methoxy groups -OCH3 is 1. The first-order valence-electron chi connectivity index (χ1n) is 7.90. The summed E-state index contributed by atoms with van der Waals surface area (Å²) in [5, 5.41) is 0.485. The lowest BCUT2D eigenvalue weighted by Crippen LogP contribution is -2.27. The second kappa shape index (κ2) is 7.15. The monoisotopic (exact) mass is 359 g/mol. The summed E-state index contributed by atoms with van der Waals surface area (Å²) in [6, 6.07) is 12.2. The Morgan fingerprint density at radius 1 is 1.24 bits per heavy atom. The van der Waals surface area contributed by atoms with E-state index in [4.69, 9.17) is 21.1 Å². The molecule has 0 bridgehead atoms. The van der Waals surface area contributed by atoms with E-state index in [2.05, 4.69) is 0 Å². The topological polar surface area (TPSA) is 55.8 Å². The van der Waals surface area contributed by atoms with Gasteiger partial charge in [0.05, 0.1) is 18.7 Å². The van der Waals surface area contributed by atoms with Gasteiger partial charge >= 0.3 is 5.97 Å². The maximum Gasteiger partial charge on any atom is 0.316 e. The average Bonchev–Trinajstić information content (AvgIpc) is 2.96. The molecule has 0 saturated carbocycles. The van der Waals surface area contributed by atoms with Crippen molar-refractivity contribution < 1.29 is 19.1 Å². The number of carbonyl (C=O) groups is 2. The van der Waals surface area contributed by atoms with Gasteiger partial charge in [-0.1, -0.05) is 23.7 Å². The van der Waals surface area contributed by atoms with Crippen LogP contribution in [-0.2, 0) is 9.59 Å². The lowest BCUT2D eigenvalue weighted by Gasteiger charge is -2.20. The van der Waals surface area contributed by atoms with Crippen molar-refractivity contribution in [3.63, 3.8) is 0 Å². The molecule has 1 aliphatic rings. The molecule has 1 unspecified atom stereocenters. The number of ether oxygens (including phenoxy) is 2. The summed E-state index contributed by atoms with van der Waals surface area (Å²) in [6.45, 7) is 2.20. The predicted octanol–water partition coefficient (Wildman–Crippen LogP) is 3.62. The van der Waals surface area contributed by atoms with Crippen molar-refractivity contribution in [2.45, 2.75) is 13.3 Å². The van der Waals surface area contributed by atoms with Crippen LogP contribution < -0.4 is 14.4 Å². The first kappa shape index (κ1) is 17.3. The molecule has 1 amide bonds. The number of esters is 1. The number of benzene rings is 2. The van der Waals surface area contributed by atoms with Gasteiger partial charge in [-0.15, -0.1) is 0 Å². The van der Waals surface area contributed by atoms with Crippen molar-refractivity contribution in [3.8, 4) is 11.5 Å². The highest BCUT2D eigenvalue weighted by atomic mass is 35.5. The summed E-state index contributed by atoms with van der Waals surface area (Å²) in [5.74, 6) is -0.127. The molecule has 1 atom stereocenters. The molecule has 6 heteroatoms. The van der Waals surface area contributed by atoms with Gasteiger partial charge in [-0.05, 0) is 42.8 Å². The molecule has 0 N–H and O–H groups in total. The van der Waals surface area contributed by atoms with Crippen molar-refractivity contribution in [1.29, 1.82) is 0 Å². The Labute approximate surface area is 151 Å². The van der Waals surface area contributed by atoms with Crippen LogP contribution in [0.2, 0.25) is 5.02 Å². The van der Waals surface area contributed by atoms with Crippen LogP contribution in [0.15, 0.2) is 42.5 Å². The van der Waals surface area contributed by atoms with E-state index in [1.807, 2.05) is 25.1 Å². The molecule has 2 aromatic rings. The Morgan fingerprint density at radius 3 is 2.76 bits per heavy atom. The third-order valence-corrected chi connectivity index (χ3v) is 4.33. The molecular weight excluding hydrogens is 342 g/mol. The summed E-state index contributed by atoms with van der Waals surface area (Å²) >= 11 is 5.90.